The predicted octanol–water partition coefficient (Wildman–Crippen LogP) is 1.12. The third-order valence-electron chi connectivity index (χ3n) is 17.3. The van der Waals surface area contributed by atoms with E-state index in [1.807, 2.05) is 19.9 Å². The highest BCUT2D eigenvalue weighted by atomic mass is 16.8. The van der Waals surface area contributed by atoms with Crippen LogP contribution in [0.3, 0.4) is 0 Å². The Balaban J connectivity index is 1.18. The van der Waals surface area contributed by atoms with E-state index in [2.05, 4.69) is 27.7 Å². The number of ketones is 1. The van der Waals surface area contributed by atoms with Crippen molar-refractivity contribution in [3.05, 3.63) is 11.6 Å². The number of carboxylic acids is 2. The highest BCUT2D eigenvalue weighted by molar-refractivity contribution is 5.95. The second kappa shape index (κ2) is 14.5. The Bertz CT molecular complexity index is 1680. The molecule has 6 fully saturated rings. The standard InChI is InChI=1S/C42H64O16/c1-37(2)22-8-11-42(7)32(20(44)14-18-19-15-40(5,36(53)54)23(45)16-38(19,3)12-13-41(18,42)6)39(22,4)10-9-24(37)56-35-31(28(49)27(48)30(57-35)33(51)52)58-34-29(50)26(47)25(46)21(17-43)55-34/h14,19,21-32,34-35,43,45-50H,8-13,15-17H2,1-7H3,(H,51,52)(H,53,54)/t19-,21+,22-,23+,24-,25-,26-,27-,28-,29+,30-,31+,32+,34-,35+,38-,39-,40+,41+,42+/m0/s1. The van der Waals surface area contributed by atoms with Crippen LogP contribution in [0.4, 0.5) is 0 Å². The Labute approximate surface area is 338 Å². The molecule has 9 N–H and O–H groups in total. The van der Waals surface area contributed by atoms with Crippen molar-refractivity contribution in [1.82, 2.24) is 0 Å². The first-order valence-corrected chi connectivity index (χ1v) is 20.9. The number of carbonyl (C=O) groups excluding carboxylic acids is 1. The van der Waals surface area contributed by atoms with Crippen molar-refractivity contribution < 1.29 is 79.3 Å². The second-order valence-corrected chi connectivity index (χ2v) is 20.7. The zero-order valence-corrected chi connectivity index (χ0v) is 34.5. The third kappa shape index (κ3) is 6.21. The molecule has 328 valence electrons. The average molecular weight is 825 g/mol. The number of ether oxygens (including phenoxy) is 4. The van der Waals surface area contributed by atoms with Crippen molar-refractivity contribution in [2.75, 3.05) is 6.61 Å². The van der Waals surface area contributed by atoms with Crippen LogP contribution < -0.4 is 0 Å². The van der Waals surface area contributed by atoms with Gasteiger partial charge >= 0.3 is 11.9 Å². The SMILES string of the molecule is CC1(C)[C@@H](O[C@@H]2O[C@H](C(=O)O)[C@@H](O)[C@H](O)[C@H]2O[C@@H]2O[C@H](CO)[C@H](O)[C@H](O)[C@H]2O)CC[C@]2(C)[C@H]3C(=O)C=C4[C@@H]5C[C@@](C)(C(=O)O)[C@H](O)C[C@]5(C)CC[C@@]4(C)[C@]3(C)CC[C@@H]12. The van der Waals surface area contributed by atoms with E-state index in [1.54, 1.807) is 6.92 Å². The molecule has 0 spiro atoms. The molecule has 7 rings (SSSR count). The molecular formula is C42H64O16. The van der Waals surface area contributed by atoms with Crippen LogP contribution in [0.2, 0.25) is 0 Å². The maximum absolute atomic E-state index is 14.9. The molecule has 5 aliphatic carbocycles. The van der Waals surface area contributed by atoms with Gasteiger partial charge in [-0.15, -0.1) is 0 Å². The van der Waals surface area contributed by atoms with Gasteiger partial charge in [0.1, 0.15) is 42.7 Å². The maximum Gasteiger partial charge on any atom is 0.335 e. The summed E-state index contributed by atoms with van der Waals surface area (Å²) in [5.74, 6) is -3.23. The highest BCUT2D eigenvalue weighted by Crippen LogP contribution is 2.75. The van der Waals surface area contributed by atoms with Crippen LogP contribution in [0.15, 0.2) is 11.6 Å². The number of hydrogen-bond acceptors (Lipinski definition) is 14. The van der Waals surface area contributed by atoms with Crippen molar-refractivity contribution in [1.29, 1.82) is 0 Å². The summed E-state index contributed by atoms with van der Waals surface area (Å²) in [5.41, 5.74) is -2.74. The maximum atomic E-state index is 14.9. The molecule has 16 heteroatoms. The molecule has 7 aliphatic rings. The molecule has 0 bridgehead atoms. The molecule has 0 unspecified atom stereocenters. The topological polar surface area (TPSA) is 270 Å². The summed E-state index contributed by atoms with van der Waals surface area (Å²) < 4.78 is 23.8. The van der Waals surface area contributed by atoms with Gasteiger partial charge in [-0.1, -0.05) is 47.1 Å². The van der Waals surface area contributed by atoms with Crippen LogP contribution in [-0.4, -0.2) is 144 Å². The van der Waals surface area contributed by atoms with Crippen LogP contribution in [0, 0.1) is 50.2 Å². The van der Waals surface area contributed by atoms with E-state index in [0.29, 0.717) is 25.7 Å². The smallest absolute Gasteiger partial charge is 0.335 e. The van der Waals surface area contributed by atoms with Crippen molar-refractivity contribution in [2.45, 2.75) is 173 Å². The van der Waals surface area contributed by atoms with Crippen LogP contribution >= 0.6 is 0 Å². The van der Waals surface area contributed by atoms with Crippen LogP contribution in [-0.2, 0) is 33.3 Å². The predicted molar refractivity (Wildman–Crippen MR) is 200 cm³/mol. The Hall–Kier alpha value is -2.09. The number of carboxylic acid groups (broad SMARTS) is 2. The quantitative estimate of drug-likeness (QED) is 0.163. The third-order valence-corrected chi connectivity index (χ3v) is 17.3. The average Bonchev–Trinajstić information content (AvgIpc) is 3.13. The summed E-state index contributed by atoms with van der Waals surface area (Å²) in [6.45, 7) is 13.7. The summed E-state index contributed by atoms with van der Waals surface area (Å²) in [6, 6.07) is 0. The molecule has 58 heavy (non-hydrogen) atoms. The van der Waals surface area contributed by atoms with Gasteiger partial charge in [0.05, 0.1) is 24.2 Å². The van der Waals surface area contributed by atoms with Gasteiger partial charge < -0.3 is 64.9 Å². The molecule has 20 atom stereocenters. The fraction of sp³-hybridized carbons (Fsp3) is 0.881. The lowest BCUT2D eigenvalue weighted by Gasteiger charge is -2.70. The number of allylic oxidation sites excluding steroid dienone is 2. The van der Waals surface area contributed by atoms with Gasteiger partial charge in [0, 0.05) is 5.92 Å². The Morgan fingerprint density at radius 2 is 1.45 bits per heavy atom. The number of aliphatic hydroxyl groups is 7. The Morgan fingerprint density at radius 3 is 2.07 bits per heavy atom. The van der Waals surface area contributed by atoms with E-state index in [9.17, 15) is 60.3 Å². The van der Waals surface area contributed by atoms with Gasteiger partial charge in [-0.3, -0.25) is 9.59 Å². The van der Waals surface area contributed by atoms with Crippen molar-refractivity contribution >= 4 is 17.7 Å². The number of carbonyl (C=O) groups is 3. The zero-order chi connectivity index (χ0) is 42.9. The summed E-state index contributed by atoms with van der Waals surface area (Å²) in [5, 5.41) is 94.4. The number of aliphatic carboxylic acids is 2. The first-order valence-electron chi connectivity index (χ1n) is 20.9. The molecule has 0 aromatic carbocycles. The van der Waals surface area contributed by atoms with Gasteiger partial charge in [0.15, 0.2) is 24.5 Å². The first-order chi connectivity index (χ1) is 26.8. The van der Waals surface area contributed by atoms with E-state index >= 15 is 0 Å². The Kier molecular flexibility index (Phi) is 11.0. The minimum Gasteiger partial charge on any atom is -0.481 e. The van der Waals surface area contributed by atoms with E-state index < -0.39 is 119 Å². The van der Waals surface area contributed by atoms with Gasteiger partial charge in [0.25, 0.3) is 0 Å². The monoisotopic (exact) mass is 824 g/mol. The molecule has 0 aromatic heterocycles. The lowest BCUT2D eigenvalue weighted by molar-refractivity contribution is -0.374. The number of fused-ring (bicyclic) bond motifs is 7. The number of aliphatic hydroxyl groups excluding tert-OH is 7. The highest BCUT2D eigenvalue weighted by Gasteiger charge is 2.71. The summed E-state index contributed by atoms with van der Waals surface area (Å²) >= 11 is 0. The normalized spacial score (nSPS) is 53.9. The van der Waals surface area contributed by atoms with Gasteiger partial charge in [-0.25, -0.2) is 4.79 Å². The van der Waals surface area contributed by atoms with Gasteiger partial charge in [-0.2, -0.15) is 0 Å². The second-order valence-electron chi connectivity index (χ2n) is 20.7. The van der Waals surface area contributed by atoms with E-state index in [-0.39, 0.29) is 35.4 Å². The van der Waals surface area contributed by atoms with Crippen LogP contribution in [0.1, 0.15) is 99.8 Å². The minimum absolute atomic E-state index is 0.0229. The van der Waals surface area contributed by atoms with Gasteiger partial charge in [-0.05, 0) is 103 Å². The van der Waals surface area contributed by atoms with Crippen molar-refractivity contribution in [3.63, 3.8) is 0 Å². The zero-order valence-electron chi connectivity index (χ0n) is 34.5. The largest absolute Gasteiger partial charge is 0.481 e. The molecule has 2 heterocycles. The lowest BCUT2D eigenvalue weighted by Crippen LogP contribution is -2.68. The van der Waals surface area contributed by atoms with E-state index in [4.69, 9.17) is 18.9 Å². The molecular weight excluding hydrogens is 760 g/mol. The molecule has 0 radical (unpaired) electrons. The Morgan fingerprint density at radius 1 is 0.776 bits per heavy atom. The fourth-order valence-corrected chi connectivity index (χ4v) is 13.5. The van der Waals surface area contributed by atoms with E-state index in [1.165, 1.54) is 0 Å². The molecule has 2 aliphatic heterocycles. The van der Waals surface area contributed by atoms with Gasteiger partial charge in [0.2, 0.25) is 0 Å². The first kappa shape index (κ1) is 44.0. The van der Waals surface area contributed by atoms with E-state index in [0.717, 1.165) is 24.8 Å². The lowest BCUT2D eigenvalue weighted by atomic mass is 9.33. The molecule has 2 saturated heterocycles. The van der Waals surface area contributed by atoms with Crippen molar-refractivity contribution in [2.24, 2.45) is 50.2 Å². The summed E-state index contributed by atoms with van der Waals surface area (Å²) in [7, 11) is 0. The molecule has 16 nitrogen and oxygen atoms in total. The molecule has 0 aromatic rings. The molecule has 0 amide bonds. The van der Waals surface area contributed by atoms with Crippen molar-refractivity contribution in [3.8, 4) is 0 Å². The number of rotatable bonds is 7. The summed E-state index contributed by atoms with van der Waals surface area (Å²) in [4.78, 5) is 39.6. The minimum atomic E-state index is -1.99. The van der Waals surface area contributed by atoms with Crippen LogP contribution in [0.25, 0.3) is 0 Å². The van der Waals surface area contributed by atoms with Crippen LogP contribution in [0.5, 0.6) is 0 Å². The fourth-order valence-electron chi connectivity index (χ4n) is 13.5. The molecule has 4 saturated carbocycles. The summed E-state index contributed by atoms with van der Waals surface area (Å²) in [6.07, 6.45) is -12.8. The number of hydrogen-bond donors (Lipinski definition) is 9.